The van der Waals surface area contributed by atoms with E-state index >= 15 is 0 Å². The van der Waals surface area contributed by atoms with Crippen molar-refractivity contribution < 1.29 is 14.4 Å². The summed E-state index contributed by atoms with van der Waals surface area (Å²) in [7, 11) is 0. The van der Waals surface area contributed by atoms with Crippen LogP contribution < -0.4 is 10.2 Å². The number of benzene rings is 2. The number of nitrogens with zero attached hydrogens (tertiary/aromatic N) is 3. The highest BCUT2D eigenvalue weighted by Crippen LogP contribution is 2.26. The molecule has 1 aliphatic rings. The van der Waals surface area contributed by atoms with E-state index in [0.717, 1.165) is 27.8 Å². The van der Waals surface area contributed by atoms with Crippen LogP contribution in [0.4, 0.5) is 10.5 Å². The summed E-state index contributed by atoms with van der Waals surface area (Å²) in [4.78, 5) is 38.9. The van der Waals surface area contributed by atoms with Gasteiger partial charge in [-0.05, 0) is 36.3 Å². The van der Waals surface area contributed by atoms with Gasteiger partial charge in [0.2, 0.25) is 0 Å². The zero-order valence-electron chi connectivity index (χ0n) is 16.3. The summed E-state index contributed by atoms with van der Waals surface area (Å²) in [6, 6.07) is 15.8. The summed E-state index contributed by atoms with van der Waals surface area (Å²) in [5, 5.41) is 12.1. The van der Waals surface area contributed by atoms with Gasteiger partial charge >= 0.3 is 6.03 Å². The van der Waals surface area contributed by atoms with Gasteiger partial charge in [-0.15, -0.1) is 0 Å². The van der Waals surface area contributed by atoms with E-state index in [1.54, 1.807) is 22.9 Å². The second-order valence-corrected chi connectivity index (χ2v) is 6.87. The lowest BCUT2D eigenvalue weighted by Crippen LogP contribution is -2.54. The third kappa shape index (κ3) is 3.25. The predicted molar refractivity (Wildman–Crippen MR) is 112 cm³/mol. The second kappa shape index (κ2) is 7.68. The Hall–Kier alpha value is -4.18. The number of aromatic nitrogens is 1. The monoisotopic (exact) mass is 398 g/mol. The van der Waals surface area contributed by atoms with Gasteiger partial charge in [-0.3, -0.25) is 14.9 Å². The van der Waals surface area contributed by atoms with E-state index in [4.69, 9.17) is 5.26 Å². The average molecular weight is 398 g/mol. The van der Waals surface area contributed by atoms with E-state index in [-0.39, 0.29) is 12.1 Å². The third-order valence-corrected chi connectivity index (χ3v) is 5.06. The predicted octanol–water partition coefficient (Wildman–Crippen LogP) is 3.39. The van der Waals surface area contributed by atoms with Crippen LogP contribution in [-0.4, -0.2) is 22.4 Å². The highest BCUT2D eigenvalue weighted by atomic mass is 16.2. The third-order valence-electron chi connectivity index (χ3n) is 5.06. The van der Waals surface area contributed by atoms with Crippen molar-refractivity contribution in [3.05, 3.63) is 71.4 Å². The highest BCUT2D eigenvalue weighted by Gasteiger charge is 2.37. The molecular weight excluding hydrogens is 380 g/mol. The number of amides is 4. The summed E-state index contributed by atoms with van der Waals surface area (Å²) in [6.45, 7) is 2.15. The Labute approximate surface area is 172 Å². The SMILES string of the molecule is CCc1ccc(N2C(=O)NC(=O)/C(=C/c3cn(CC#N)c4ccccc34)C2=O)cc1. The molecule has 1 aliphatic heterocycles. The lowest BCUT2D eigenvalue weighted by atomic mass is 10.1. The quantitative estimate of drug-likeness (QED) is 0.538. The summed E-state index contributed by atoms with van der Waals surface area (Å²) in [5.74, 6) is -1.44. The van der Waals surface area contributed by atoms with Crippen molar-refractivity contribution in [2.24, 2.45) is 0 Å². The molecule has 0 radical (unpaired) electrons. The summed E-state index contributed by atoms with van der Waals surface area (Å²) >= 11 is 0. The Bertz CT molecular complexity index is 1250. The lowest BCUT2D eigenvalue weighted by Gasteiger charge is -2.26. The molecule has 1 fully saturated rings. The van der Waals surface area contributed by atoms with Crippen molar-refractivity contribution in [2.75, 3.05) is 4.90 Å². The Kier molecular flexibility index (Phi) is 4.90. The van der Waals surface area contributed by atoms with Crippen molar-refractivity contribution in [2.45, 2.75) is 19.9 Å². The molecule has 1 N–H and O–H groups in total. The molecule has 2 heterocycles. The molecule has 4 amide bonds. The summed E-state index contributed by atoms with van der Waals surface area (Å²) in [5.41, 5.74) is 2.75. The van der Waals surface area contributed by atoms with Crippen LogP contribution in [0.2, 0.25) is 0 Å². The van der Waals surface area contributed by atoms with Gasteiger partial charge in [-0.1, -0.05) is 37.3 Å². The summed E-state index contributed by atoms with van der Waals surface area (Å²) in [6.07, 6.45) is 4.02. The Morgan fingerprint density at radius 3 is 2.50 bits per heavy atom. The molecule has 148 valence electrons. The number of anilines is 1. The molecule has 0 spiro atoms. The van der Waals surface area contributed by atoms with E-state index in [0.29, 0.717) is 11.3 Å². The molecule has 0 bridgehead atoms. The molecule has 0 unspecified atom stereocenters. The van der Waals surface area contributed by atoms with Crippen LogP contribution in [-0.2, 0) is 22.6 Å². The van der Waals surface area contributed by atoms with E-state index in [1.807, 2.05) is 43.3 Å². The Morgan fingerprint density at radius 1 is 1.07 bits per heavy atom. The van der Waals surface area contributed by atoms with Crippen molar-refractivity contribution in [3.63, 3.8) is 0 Å². The zero-order valence-corrected chi connectivity index (χ0v) is 16.3. The van der Waals surface area contributed by atoms with Gasteiger partial charge in [-0.2, -0.15) is 5.26 Å². The molecule has 0 saturated carbocycles. The Morgan fingerprint density at radius 2 is 1.80 bits per heavy atom. The van der Waals surface area contributed by atoms with E-state index in [2.05, 4.69) is 11.4 Å². The molecule has 7 heteroatoms. The zero-order chi connectivity index (χ0) is 21.3. The largest absolute Gasteiger partial charge is 0.335 e. The maximum atomic E-state index is 13.1. The topological polar surface area (TPSA) is 95.2 Å². The van der Waals surface area contributed by atoms with Gasteiger partial charge in [0.05, 0.1) is 11.8 Å². The fraction of sp³-hybridized carbons (Fsp3) is 0.130. The maximum Gasteiger partial charge on any atom is 0.335 e. The number of urea groups is 1. The van der Waals surface area contributed by atoms with Gasteiger partial charge < -0.3 is 4.57 Å². The number of hydrogen-bond acceptors (Lipinski definition) is 4. The number of hydrogen-bond donors (Lipinski definition) is 1. The van der Waals surface area contributed by atoms with Crippen LogP contribution in [0.25, 0.3) is 17.0 Å². The first-order chi connectivity index (χ1) is 14.5. The van der Waals surface area contributed by atoms with Crippen molar-refractivity contribution in [1.29, 1.82) is 5.26 Å². The van der Waals surface area contributed by atoms with Crippen molar-refractivity contribution >= 4 is 40.5 Å². The first kappa shape index (κ1) is 19.2. The van der Waals surface area contributed by atoms with Crippen LogP contribution in [0.1, 0.15) is 18.1 Å². The number of rotatable bonds is 4. The standard InChI is InChI=1S/C23H18N4O3/c1-2-15-7-9-17(10-8-15)27-22(29)19(21(28)25-23(27)30)13-16-14-26(12-11-24)20-6-4-3-5-18(16)20/h3-10,13-14H,2,12H2,1H3,(H,25,28,30)/b19-13-. The Balaban J connectivity index is 1.78. The van der Waals surface area contributed by atoms with Crippen LogP contribution in [0.15, 0.2) is 60.3 Å². The number of aryl methyl sites for hydroxylation is 1. The van der Waals surface area contributed by atoms with Crippen molar-refractivity contribution in [3.8, 4) is 6.07 Å². The smallest absolute Gasteiger partial charge is 0.333 e. The molecule has 3 aromatic rings. The summed E-state index contributed by atoms with van der Waals surface area (Å²) < 4.78 is 1.75. The number of nitrogens with one attached hydrogen (secondary N) is 1. The number of para-hydroxylation sites is 1. The minimum Gasteiger partial charge on any atom is -0.333 e. The van der Waals surface area contributed by atoms with Gasteiger partial charge in [0, 0.05) is 22.7 Å². The number of carbonyl (C=O) groups is 3. The van der Waals surface area contributed by atoms with Gasteiger partial charge in [0.1, 0.15) is 12.1 Å². The number of imide groups is 2. The molecule has 2 aromatic carbocycles. The molecule has 30 heavy (non-hydrogen) atoms. The van der Waals surface area contributed by atoms with E-state index < -0.39 is 17.8 Å². The van der Waals surface area contributed by atoms with Crippen LogP contribution >= 0.6 is 0 Å². The number of fused-ring (bicyclic) bond motifs is 1. The lowest BCUT2D eigenvalue weighted by molar-refractivity contribution is -0.122. The fourth-order valence-electron chi connectivity index (χ4n) is 3.53. The first-order valence-electron chi connectivity index (χ1n) is 9.48. The van der Waals surface area contributed by atoms with Crippen LogP contribution in [0, 0.1) is 11.3 Å². The first-order valence-corrected chi connectivity index (χ1v) is 9.48. The second-order valence-electron chi connectivity index (χ2n) is 6.87. The molecule has 1 saturated heterocycles. The highest BCUT2D eigenvalue weighted by molar-refractivity contribution is 6.39. The normalized spacial score (nSPS) is 15.5. The maximum absolute atomic E-state index is 13.1. The fourth-order valence-corrected chi connectivity index (χ4v) is 3.53. The molecular formula is C23H18N4O3. The molecule has 7 nitrogen and oxygen atoms in total. The van der Waals surface area contributed by atoms with Gasteiger partial charge in [0.25, 0.3) is 11.8 Å². The van der Waals surface area contributed by atoms with Crippen LogP contribution in [0.5, 0.6) is 0 Å². The molecule has 1 aromatic heterocycles. The molecule has 0 aliphatic carbocycles. The van der Waals surface area contributed by atoms with E-state index in [1.165, 1.54) is 6.08 Å². The number of barbiturate groups is 1. The minimum atomic E-state index is -0.779. The van der Waals surface area contributed by atoms with E-state index in [9.17, 15) is 14.4 Å². The average Bonchev–Trinajstić information content (AvgIpc) is 3.09. The van der Waals surface area contributed by atoms with Gasteiger partial charge in [-0.25, -0.2) is 9.69 Å². The molecule has 0 atom stereocenters. The van der Waals surface area contributed by atoms with Crippen molar-refractivity contribution in [1.82, 2.24) is 9.88 Å². The van der Waals surface area contributed by atoms with Crippen LogP contribution in [0.3, 0.4) is 0 Å². The molecule has 4 rings (SSSR count). The number of nitriles is 1. The van der Waals surface area contributed by atoms with Gasteiger partial charge in [0.15, 0.2) is 0 Å². The minimum absolute atomic E-state index is 0.137. The number of carbonyl (C=O) groups excluding carboxylic acids is 3.